The molecule has 4 aromatic carbocycles. The molecule has 4 aliphatic carbocycles. The fourth-order valence-corrected chi connectivity index (χ4v) is 28.8. The summed E-state index contributed by atoms with van der Waals surface area (Å²) in [6, 6.07) is 29.8. The van der Waals surface area contributed by atoms with Gasteiger partial charge in [0.15, 0.2) is 0 Å². The van der Waals surface area contributed by atoms with Gasteiger partial charge in [-0.2, -0.15) is 0 Å². The Hall–Kier alpha value is -2.83. The molecule has 1 unspecified atom stereocenters. The molecule has 0 bridgehead atoms. The molecule has 300 valence electrons. The Balaban J connectivity index is 0.00000275. The van der Waals surface area contributed by atoms with Crippen LogP contribution < -0.4 is 6.54 Å². The molecule has 57 heavy (non-hydrogen) atoms. The van der Waals surface area contributed by atoms with Crippen LogP contribution in [0.3, 0.4) is 0 Å². The van der Waals surface area contributed by atoms with Crippen molar-refractivity contribution in [1.29, 1.82) is 0 Å². The number of fused-ring (bicyclic) bond motifs is 5. The van der Waals surface area contributed by atoms with E-state index in [1.54, 1.807) is 6.56 Å². The van der Waals surface area contributed by atoms with Crippen molar-refractivity contribution in [2.75, 3.05) is 0 Å². The van der Waals surface area contributed by atoms with E-state index in [2.05, 4.69) is 200 Å². The molecule has 0 nitrogen and oxygen atoms in total. The normalized spacial score (nSPS) is 19.1. The van der Waals surface area contributed by atoms with Gasteiger partial charge >= 0.3 is 336 Å². The van der Waals surface area contributed by atoms with Gasteiger partial charge in [-0.15, -0.1) is 24.8 Å². The van der Waals surface area contributed by atoms with Crippen LogP contribution in [-0.2, 0) is 46.4 Å². The van der Waals surface area contributed by atoms with Gasteiger partial charge in [0.2, 0.25) is 0 Å². The van der Waals surface area contributed by atoms with Crippen LogP contribution in [0.1, 0.15) is 141 Å². The van der Waals surface area contributed by atoms with Gasteiger partial charge in [-0.05, 0) is 0 Å². The molecular formula is C54H66Cl2Zr. The molecule has 4 aromatic rings. The molecule has 0 amide bonds. The Bertz CT molecular complexity index is 2430. The summed E-state index contributed by atoms with van der Waals surface area (Å²) in [4.78, 5) is 0. The molecule has 0 aliphatic heterocycles. The quantitative estimate of drug-likeness (QED) is 0.169. The average Bonchev–Trinajstić information content (AvgIpc) is 3.83. The van der Waals surface area contributed by atoms with Gasteiger partial charge in [0.25, 0.3) is 0 Å². The van der Waals surface area contributed by atoms with E-state index in [1.165, 1.54) is 67.8 Å². The van der Waals surface area contributed by atoms with Gasteiger partial charge in [0, 0.05) is 0 Å². The zero-order valence-corrected chi connectivity index (χ0v) is 41.2. The van der Waals surface area contributed by atoms with Crippen LogP contribution >= 0.6 is 24.8 Å². The summed E-state index contributed by atoms with van der Waals surface area (Å²) in [5.74, 6) is 0.277. The Labute approximate surface area is 358 Å². The van der Waals surface area contributed by atoms with Crippen molar-refractivity contribution in [3.63, 3.8) is 0 Å². The first kappa shape index (κ1) is 43.7. The van der Waals surface area contributed by atoms with Gasteiger partial charge in [0.05, 0.1) is 0 Å². The first-order valence-corrected chi connectivity index (χ1v) is 27.5. The third kappa shape index (κ3) is 6.43. The molecule has 4 aliphatic rings. The maximum atomic E-state index is 5.93. The molecule has 0 heterocycles. The van der Waals surface area contributed by atoms with Crippen molar-refractivity contribution in [1.82, 2.24) is 0 Å². The minimum atomic E-state index is -5.05. The number of hydrogen-bond donors (Lipinski definition) is 0. The summed E-state index contributed by atoms with van der Waals surface area (Å²) < 4.78 is 11.9. The fourth-order valence-electron chi connectivity index (χ4n) is 10.9. The van der Waals surface area contributed by atoms with Crippen molar-refractivity contribution in [2.45, 2.75) is 125 Å². The maximum absolute atomic E-state index is 5.93. The summed E-state index contributed by atoms with van der Waals surface area (Å²) in [7, 11) is 0. The number of halogens is 2. The summed E-state index contributed by atoms with van der Waals surface area (Å²) in [6.07, 6.45) is 13.6. The zero-order chi connectivity index (χ0) is 39.9. The first-order chi connectivity index (χ1) is 25.3. The van der Waals surface area contributed by atoms with Gasteiger partial charge in [-0.3, -0.25) is 0 Å². The van der Waals surface area contributed by atoms with E-state index in [4.69, 9.17) is 4.21 Å². The van der Waals surface area contributed by atoms with Crippen LogP contribution in [0.25, 0.3) is 23.3 Å². The zero-order valence-electron chi connectivity index (χ0n) is 37.1. The molecule has 0 aromatic heterocycles. The van der Waals surface area contributed by atoms with E-state index < -0.39 is 18.3 Å². The summed E-state index contributed by atoms with van der Waals surface area (Å²) in [6.45, 7) is 33.2. The predicted octanol–water partition coefficient (Wildman–Crippen LogP) is 13.9. The van der Waals surface area contributed by atoms with Crippen LogP contribution in [-0.4, -0.2) is 4.21 Å². The topological polar surface area (TPSA) is 0 Å². The third-order valence-electron chi connectivity index (χ3n) is 14.3. The molecule has 0 radical (unpaired) electrons. The molecule has 0 spiro atoms. The third-order valence-corrected chi connectivity index (χ3v) is 31.7. The second-order valence-electron chi connectivity index (χ2n) is 22.0. The van der Waals surface area contributed by atoms with Gasteiger partial charge in [-0.1, -0.05) is 0 Å². The number of benzene rings is 4. The van der Waals surface area contributed by atoms with Crippen LogP contribution in [0, 0.1) is 11.3 Å². The first-order valence-electron chi connectivity index (χ1n) is 20.8. The molecule has 0 N–H and O–H groups in total. The van der Waals surface area contributed by atoms with Gasteiger partial charge in [-0.25, -0.2) is 0 Å². The number of hydrogen-bond acceptors (Lipinski definition) is 0. The van der Waals surface area contributed by atoms with Crippen LogP contribution in [0.2, 0.25) is 0 Å². The van der Waals surface area contributed by atoms with E-state index in [9.17, 15) is 0 Å². The monoisotopic (exact) mass is 874 g/mol. The van der Waals surface area contributed by atoms with E-state index >= 15 is 0 Å². The molecular weight excluding hydrogens is 811 g/mol. The molecule has 0 fully saturated rings. The van der Waals surface area contributed by atoms with E-state index in [0.717, 1.165) is 6.42 Å². The van der Waals surface area contributed by atoms with E-state index in [0.29, 0.717) is 0 Å². The molecule has 3 heteroatoms. The SMILES string of the molecule is Cl.Cl.[CH2]=[Zr]([C]1=CC(C(C)(C)C)=CC1C)([C]1=Cc2cc3c(cc2C1(C)C)Cc1cc2c(cc1-3)C=CC2(C)C)([c]1ccc(C(C)(C)C)cc1)[c]1ccc(C(C)(C)C)cc1. The fraction of sp³-hybridized carbons (Fsp3) is 0.389. The van der Waals surface area contributed by atoms with Crippen LogP contribution in [0.4, 0.5) is 0 Å². The van der Waals surface area contributed by atoms with Gasteiger partial charge < -0.3 is 0 Å². The number of rotatable bonds is 4. The van der Waals surface area contributed by atoms with Crippen molar-refractivity contribution in [3.05, 3.63) is 148 Å². The summed E-state index contributed by atoms with van der Waals surface area (Å²) in [5.41, 5.74) is 15.6. The Morgan fingerprint density at radius 3 is 1.54 bits per heavy atom. The molecule has 0 saturated heterocycles. The van der Waals surface area contributed by atoms with Crippen molar-refractivity contribution in [3.8, 4) is 11.1 Å². The molecule has 0 saturated carbocycles. The van der Waals surface area contributed by atoms with E-state index in [1.807, 2.05) is 0 Å². The van der Waals surface area contributed by atoms with Gasteiger partial charge in [0.1, 0.15) is 0 Å². The van der Waals surface area contributed by atoms with Crippen LogP contribution in [0.15, 0.2) is 103 Å². The average molecular weight is 877 g/mol. The second-order valence-corrected chi connectivity index (χ2v) is 34.7. The van der Waals surface area contributed by atoms with Crippen LogP contribution in [0.5, 0.6) is 0 Å². The van der Waals surface area contributed by atoms with Crippen molar-refractivity contribution < 1.29 is 18.3 Å². The Morgan fingerprint density at radius 2 is 1.09 bits per heavy atom. The Morgan fingerprint density at radius 1 is 0.614 bits per heavy atom. The standard InChI is InChI=1S/C23H21.C10H15.2C10H13.CH2.2ClH.Zr/c1-22(2)7-5-14-10-18-16(12-20(14)22)9-17-13-21-15(11-19(17)18)6-8-23(21,3)4;1-8-5-6-9(7-8)10(2,3)4;2*1-10(2,3)9-7-5-4-6-8-9;;;;/h5-7,10-13H,9H2,1-4H3;6-8H,1-4H3;2*5-8H,1-3H3;1H2;2*1H;. The molecule has 1 atom stereocenters. The summed E-state index contributed by atoms with van der Waals surface area (Å²) >= 11 is -5.05. The summed E-state index contributed by atoms with van der Waals surface area (Å²) in [5, 5.41) is 0. The minimum absolute atomic E-state index is 0. The van der Waals surface area contributed by atoms with Crippen molar-refractivity contribution >= 4 is 47.7 Å². The number of allylic oxidation sites excluding steroid dienone is 6. The van der Waals surface area contributed by atoms with E-state index in [-0.39, 0.29) is 57.8 Å². The molecule has 8 rings (SSSR count). The Kier molecular flexibility index (Phi) is 10.4. The second kappa shape index (κ2) is 13.6. The predicted molar refractivity (Wildman–Crippen MR) is 254 cm³/mol. The van der Waals surface area contributed by atoms with Crippen molar-refractivity contribution in [2.24, 2.45) is 11.3 Å².